The number of anilines is 1. The van der Waals surface area contributed by atoms with Gasteiger partial charge >= 0.3 is 6.09 Å². The molecule has 0 spiro atoms. The van der Waals surface area contributed by atoms with E-state index >= 15 is 0 Å². The first kappa shape index (κ1) is 26.6. The lowest BCUT2D eigenvalue weighted by atomic mass is 10.1. The summed E-state index contributed by atoms with van der Waals surface area (Å²) in [6.07, 6.45) is 2.71. The molecule has 0 aliphatic carbocycles. The summed E-state index contributed by atoms with van der Waals surface area (Å²) in [6, 6.07) is 14.6. The van der Waals surface area contributed by atoms with Gasteiger partial charge in [0.15, 0.2) is 6.10 Å². The quantitative estimate of drug-likeness (QED) is 0.314. The smallest absolute Gasteiger partial charge is 0.414 e. The molecule has 1 atom stereocenters. The zero-order valence-electron chi connectivity index (χ0n) is 19.2. The highest BCUT2D eigenvalue weighted by Gasteiger charge is 2.32. The number of nitrogens with one attached hydrogen (secondary N) is 1. The molecule has 2 aromatic carbocycles. The molecule has 0 bridgehead atoms. The third-order valence-electron chi connectivity index (χ3n) is 4.43. The van der Waals surface area contributed by atoms with Gasteiger partial charge in [-0.05, 0) is 36.4 Å². The van der Waals surface area contributed by atoms with Gasteiger partial charge in [-0.15, -0.1) is 0 Å². The molecule has 2 heterocycles. The van der Waals surface area contributed by atoms with Gasteiger partial charge in [0.05, 0.1) is 6.54 Å². The minimum absolute atomic E-state index is 0.0119. The number of aromatic nitrogens is 1. The Balaban J connectivity index is 0.000000473. The Morgan fingerprint density at radius 2 is 1.77 bits per heavy atom. The first-order chi connectivity index (χ1) is 16.6. The monoisotopic (exact) mass is 482 g/mol. The molecule has 1 aromatic heterocycles. The number of carbonyl (C=O) groups is 3. The number of carboxylic acid groups (broad SMARTS) is 2. The summed E-state index contributed by atoms with van der Waals surface area (Å²) < 4.78 is 11.3. The van der Waals surface area contributed by atoms with Crippen LogP contribution in [0.3, 0.4) is 0 Å². The van der Waals surface area contributed by atoms with Crippen LogP contribution in [-0.4, -0.2) is 58.3 Å². The van der Waals surface area contributed by atoms with Gasteiger partial charge in [0.25, 0.3) is 11.9 Å². The predicted octanol–water partition coefficient (Wildman–Crippen LogP) is 3.10. The maximum Gasteiger partial charge on any atom is 0.414 e. The lowest BCUT2D eigenvalue weighted by Gasteiger charge is -2.14. The van der Waals surface area contributed by atoms with Crippen LogP contribution in [0.2, 0.25) is 0 Å². The van der Waals surface area contributed by atoms with Gasteiger partial charge in [0.2, 0.25) is 0 Å². The van der Waals surface area contributed by atoms with E-state index in [-0.39, 0.29) is 18.5 Å². The number of rotatable bonds is 5. The second-order valence-electron chi connectivity index (χ2n) is 7.28. The number of nitrogens with zero attached hydrogens (tertiary/aromatic N) is 2. The van der Waals surface area contributed by atoms with E-state index in [0.29, 0.717) is 17.8 Å². The van der Waals surface area contributed by atoms with Crippen molar-refractivity contribution in [2.45, 2.75) is 20.0 Å². The van der Waals surface area contributed by atoms with Crippen LogP contribution >= 0.6 is 0 Å². The standard InChI is InChI=1S/C20H18N4O3.2C2H4O2/c21-19(22)13-4-6-15(7-5-13)24-11-16(27-20(24)25)12-26-18-3-1-2-14-10-23-9-8-17(14)18;2*1-2(3)4/h1-10,16H,11-12H2,(H3,21,22);2*1H3,(H,3,4). The van der Waals surface area contributed by atoms with Crippen molar-refractivity contribution < 1.29 is 34.1 Å². The fourth-order valence-corrected chi connectivity index (χ4v) is 3.04. The Labute approximate surface area is 201 Å². The molecule has 5 N–H and O–H groups in total. The average molecular weight is 482 g/mol. The normalized spacial score (nSPS) is 14.1. The Kier molecular flexibility index (Phi) is 9.52. The summed E-state index contributed by atoms with van der Waals surface area (Å²) in [5.41, 5.74) is 6.76. The molecule has 35 heavy (non-hydrogen) atoms. The van der Waals surface area contributed by atoms with Crippen molar-refractivity contribution in [3.8, 4) is 5.75 Å². The van der Waals surface area contributed by atoms with Crippen molar-refractivity contribution in [2.75, 3.05) is 18.1 Å². The summed E-state index contributed by atoms with van der Waals surface area (Å²) >= 11 is 0. The van der Waals surface area contributed by atoms with Crippen molar-refractivity contribution in [3.05, 3.63) is 66.5 Å². The molecule has 1 aliphatic heterocycles. The van der Waals surface area contributed by atoms with E-state index in [0.717, 1.165) is 30.4 Å². The number of cyclic esters (lactones) is 1. The molecule has 3 aromatic rings. The molecule has 0 saturated carbocycles. The number of amidine groups is 1. The SMILES string of the molecule is CC(=O)O.CC(=O)O.N=C(N)c1ccc(N2CC(COc3cccc4cnccc34)OC2=O)cc1. The predicted molar refractivity (Wildman–Crippen MR) is 129 cm³/mol. The van der Waals surface area contributed by atoms with Gasteiger partial charge in [0.1, 0.15) is 18.2 Å². The number of benzene rings is 2. The Morgan fingerprint density at radius 1 is 1.14 bits per heavy atom. The number of aliphatic carboxylic acids is 2. The van der Waals surface area contributed by atoms with Crippen LogP contribution < -0.4 is 15.4 Å². The minimum atomic E-state index is -0.833. The third kappa shape index (κ3) is 8.31. The number of hydrogen-bond donors (Lipinski definition) is 4. The molecule has 1 aliphatic rings. The molecule has 1 amide bonds. The van der Waals surface area contributed by atoms with Crippen LogP contribution in [0.4, 0.5) is 10.5 Å². The third-order valence-corrected chi connectivity index (χ3v) is 4.43. The Morgan fingerprint density at radius 3 is 2.37 bits per heavy atom. The number of ether oxygens (including phenoxy) is 2. The second kappa shape index (κ2) is 12.5. The van der Waals surface area contributed by atoms with E-state index in [4.69, 9.17) is 40.4 Å². The number of carboxylic acids is 2. The molecule has 11 heteroatoms. The van der Waals surface area contributed by atoms with Crippen LogP contribution in [0.15, 0.2) is 60.9 Å². The molecule has 11 nitrogen and oxygen atoms in total. The number of nitrogen functional groups attached to an aromatic ring is 1. The van der Waals surface area contributed by atoms with Crippen LogP contribution in [-0.2, 0) is 14.3 Å². The van der Waals surface area contributed by atoms with Crippen molar-refractivity contribution >= 4 is 40.3 Å². The first-order valence-corrected chi connectivity index (χ1v) is 10.4. The Hall–Kier alpha value is -4.67. The van der Waals surface area contributed by atoms with E-state index < -0.39 is 18.0 Å². The highest BCUT2D eigenvalue weighted by Crippen LogP contribution is 2.26. The molecule has 184 valence electrons. The molecule has 1 fully saturated rings. The lowest BCUT2D eigenvalue weighted by Crippen LogP contribution is -2.26. The number of carbonyl (C=O) groups excluding carboxylic acids is 1. The molecule has 1 unspecified atom stereocenters. The van der Waals surface area contributed by atoms with Crippen LogP contribution in [0, 0.1) is 5.41 Å². The maximum absolute atomic E-state index is 12.2. The molecular formula is C24H26N4O7. The van der Waals surface area contributed by atoms with Crippen LogP contribution in [0.25, 0.3) is 10.8 Å². The summed E-state index contributed by atoms with van der Waals surface area (Å²) in [6.45, 7) is 2.82. The summed E-state index contributed by atoms with van der Waals surface area (Å²) in [7, 11) is 0. The zero-order valence-corrected chi connectivity index (χ0v) is 19.2. The van der Waals surface area contributed by atoms with Crippen LogP contribution in [0.5, 0.6) is 5.75 Å². The van der Waals surface area contributed by atoms with E-state index in [2.05, 4.69) is 4.98 Å². The second-order valence-corrected chi connectivity index (χ2v) is 7.28. The lowest BCUT2D eigenvalue weighted by molar-refractivity contribution is -0.135. The first-order valence-electron chi connectivity index (χ1n) is 10.4. The number of fused-ring (bicyclic) bond motifs is 1. The van der Waals surface area contributed by atoms with Gasteiger partial charge in [-0.2, -0.15) is 0 Å². The molecule has 4 rings (SSSR count). The Bertz CT molecular complexity index is 1170. The van der Waals surface area contributed by atoms with E-state index in [1.807, 2.05) is 24.3 Å². The average Bonchev–Trinajstić information content (AvgIpc) is 3.17. The molecule has 0 radical (unpaired) electrons. The van der Waals surface area contributed by atoms with E-state index in [9.17, 15) is 4.79 Å². The van der Waals surface area contributed by atoms with E-state index in [1.54, 1.807) is 41.6 Å². The maximum atomic E-state index is 12.2. The summed E-state index contributed by atoms with van der Waals surface area (Å²) in [4.78, 5) is 35.9. The molecule has 1 saturated heterocycles. The summed E-state index contributed by atoms with van der Waals surface area (Å²) in [5.74, 6) is -0.947. The van der Waals surface area contributed by atoms with Crippen molar-refractivity contribution in [1.82, 2.24) is 4.98 Å². The van der Waals surface area contributed by atoms with Crippen molar-refractivity contribution in [3.63, 3.8) is 0 Å². The van der Waals surface area contributed by atoms with Gasteiger partial charge in [-0.3, -0.25) is 24.9 Å². The highest BCUT2D eigenvalue weighted by molar-refractivity contribution is 5.96. The van der Waals surface area contributed by atoms with Gasteiger partial charge in [-0.1, -0.05) is 12.1 Å². The summed E-state index contributed by atoms with van der Waals surface area (Å²) in [5, 5.41) is 24.2. The fourth-order valence-electron chi connectivity index (χ4n) is 3.04. The topological polar surface area (TPSA) is 176 Å². The van der Waals surface area contributed by atoms with Gasteiger partial charge in [0, 0.05) is 48.3 Å². The van der Waals surface area contributed by atoms with Crippen molar-refractivity contribution in [2.24, 2.45) is 5.73 Å². The minimum Gasteiger partial charge on any atom is -0.489 e. The largest absolute Gasteiger partial charge is 0.489 e. The molecular weight excluding hydrogens is 456 g/mol. The van der Waals surface area contributed by atoms with Gasteiger partial charge < -0.3 is 25.4 Å². The fraction of sp³-hybridized carbons (Fsp3) is 0.208. The number of pyridine rings is 1. The van der Waals surface area contributed by atoms with Crippen molar-refractivity contribution in [1.29, 1.82) is 5.41 Å². The van der Waals surface area contributed by atoms with Gasteiger partial charge in [-0.25, -0.2) is 4.79 Å². The number of amides is 1. The zero-order chi connectivity index (χ0) is 26.0. The van der Waals surface area contributed by atoms with Crippen LogP contribution in [0.1, 0.15) is 19.4 Å². The highest BCUT2D eigenvalue weighted by atomic mass is 16.6. The number of hydrogen-bond acceptors (Lipinski definition) is 7. The van der Waals surface area contributed by atoms with E-state index in [1.165, 1.54) is 0 Å². The number of nitrogens with two attached hydrogens (primary N) is 1.